The van der Waals surface area contributed by atoms with Crippen LogP contribution in [-0.4, -0.2) is 9.78 Å². The predicted molar refractivity (Wildman–Crippen MR) is 75.7 cm³/mol. The van der Waals surface area contributed by atoms with Gasteiger partial charge in [-0.3, -0.25) is 4.68 Å². The van der Waals surface area contributed by atoms with Crippen LogP contribution in [0.4, 0.5) is 10.1 Å². The first kappa shape index (κ1) is 14.1. The normalized spacial score (nSPS) is 11.9. The second-order valence-electron chi connectivity index (χ2n) is 4.67. The van der Waals surface area contributed by atoms with Gasteiger partial charge in [-0.25, -0.2) is 4.39 Å². The number of hydrogen-bond acceptors (Lipinski definition) is 3. The van der Waals surface area contributed by atoms with Crippen molar-refractivity contribution in [1.82, 2.24) is 9.78 Å². The summed E-state index contributed by atoms with van der Waals surface area (Å²) < 4.78 is 15.4. The van der Waals surface area contributed by atoms with Crippen molar-refractivity contribution in [2.75, 3.05) is 5.32 Å². The molecule has 0 fully saturated rings. The van der Waals surface area contributed by atoms with Gasteiger partial charge in [-0.05, 0) is 31.5 Å². The Kier molecular flexibility index (Phi) is 4.36. The van der Waals surface area contributed by atoms with Gasteiger partial charge in [0, 0.05) is 12.2 Å². The second-order valence-corrected chi connectivity index (χ2v) is 4.67. The summed E-state index contributed by atoms with van der Waals surface area (Å²) in [7, 11) is 0. The Morgan fingerprint density at radius 1 is 1.45 bits per heavy atom. The fraction of sp³-hybridized carbons (Fsp3) is 0.333. The number of rotatable bonds is 5. The Bertz CT molecular complexity index is 627. The fourth-order valence-corrected chi connectivity index (χ4v) is 1.88. The van der Waals surface area contributed by atoms with Crippen molar-refractivity contribution in [3.05, 3.63) is 47.5 Å². The summed E-state index contributed by atoms with van der Waals surface area (Å²) in [6.07, 6.45) is 2.94. The Morgan fingerprint density at radius 3 is 2.95 bits per heavy atom. The minimum absolute atomic E-state index is 0.0360. The van der Waals surface area contributed by atoms with Crippen molar-refractivity contribution in [2.24, 2.45) is 0 Å². The first-order valence-corrected chi connectivity index (χ1v) is 6.62. The molecule has 1 aromatic heterocycles. The number of anilines is 1. The highest BCUT2D eigenvalue weighted by atomic mass is 19.1. The zero-order valence-corrected chi connectivity index (χ0v) is 11.6. The summed E-state index contributed by atoms with van der Waals surface area (Å²) in [6.45, 7) is 4.67. The molecule has 0 aliphatic rings. The molecule has 2 aromatic rings. The van der Waals surface area contributed by atoms with E-state index in [1.54, 1.807) is 12.1 Å². The average Bonchev–Trinajstić information content (AvgIpc) is 2.93. The van der Waals surface area contributed by atoms with E-state index < -0.39 is 5.82 Å². The minimum atomic E-state index is -0.511. The molecular weight excluding hydrogens is 255 g/mol. The number of nitrogens with one attached hydrogen (secondary N) is 1. The van der Waals surface area contributed by atoms with E-state index in [4.69, 9.17) is 5.26 Å². The highest BCUT2D eigenvalue weighted by Crippen LogP contribution is 2.18. The largest absolute Gasteiger partial charge is 0.378 e. The molecule has 104 valence electrons. The molecule has 20 heavy (non-hydrogen) atoms. The summed E-state index contributed by atoms with van der Waals surface area (Å²) in [4.78, 5) is 0. The molecule has 0 saturated carbocycles. The van der Waals surface area contributed by atoms with Crippen molar-refractivity contribution in [3.63, 3.8) is 0 Å². The first-order chi connectivity index (χ1) is 9.65. The molecule has 0 saturated heterocycles. The molecule has 5 heteroatoms. The van der Waals surface area contributed by atoms with Crippen molar-refractivity contribution in [1.29, 1.82) is 5.26 Å². The molecule has 0 aliphatic heterocycles. The van der Waals surface area contributed by atoms with Gasteiger partial charge in [0.15, 0.2) is 0 Å². The van der Waals surface area contributed by atoms with Gasteiger partial charge in [0.2, 0.25) is 0 Å². The first-order valence-electron chi connectivity index (χ1n) is 6.62. The van der Waals surface area contributed by atoms with E-state index in [-0.39, 0.29) is 5.56 Å². The van der Waals surface area contributed by atoms with Gasteiger partial charge in [-0.1, -0.05) is 13.0 Å². The van der Waals surface area contributed by atoms with Crippen LogP contribution in [0.5, 0.6) is 0 Å². The molecule has 0 bridgehead atoms. The smallest absolute Gasteiger partial charge is 0.143 e. The third-order valence-corrected chi connectivity index (χ3v) is 3.29. The molecule has 0 spiro atoms. The van der Waals surface area contributed by atoms with Gasteiger partial charge in [0.25, 0.3) is 0 Å². The SMILES string of the molecule is CCC(C)n1ccc(CNc2cccc(F)c2C#N)n1. The van der Waals surface area contributed by atoms with E-state index in [9.17, 15) is 4.39 Å². The monoisotopic (exact) mass is 272 g/mol. The van der Waals surface area contributed by atoms with Crippen LogP contribution in [0.15, 0.2) is 30.5 Å². The molecule has 1 atom stereocenters. The third kappa shape index (κ3) is 2.97. The fourth-order valence-electron chi connectivity index (χ4n) is 1.88. The topological polar surface area (TPSA) is 53.6 Å². The maximum absolute atomic E-state index is 13.4. The Labute approximate surface area is 117 Å². The lowest BCUT2D eigenvalue weighted by atomic mass is 10.2. The van der Waals surface area contributed by atoms with Crippen molar-refractivity contribution in [3.8, 4) is 6.07 Å². The van der Waals surface area contributed by atoms with Gasteiger partial charge in [0.1, 0.15) is 17.4 Å². The molecule has 1 unspecified atom stereocenters. The molecule has 2 rings (SSSR count). The average molecular weight is 272 g/mol. The Balaban J connectivity index is 2.08. The minimum Gasteiger partial charge on any atom is -0.378 e. The van der Waals surface area contributed by atoms with Gasteiger partial charge < -0.3 is 5.32 Å². The van der Waals surface area contributed by atoms with Crippen LogP contribution in [0, 0.1) is 17.1 Å². The summed E-state index contributed by atoms with van der Waals surface area (Å²) in [5.74, 6) is -0.511. The number of benzene rings is 1. The maximum atomic E-state index is 13.4. The van der Waals surface area contributed by atoms with Crippen LogP contribution >= 0.6 is 0 Å². The van der Waals surface area contributed by atoms with Crippen LogP contribution < -0.4 is 5.32 Å². The molecule has 1 aromatic carbocycles. The van der Waals surface area contributed by atoms with E-state index in [2.05, 4.69) is 24.3 Å². The highest BCUT2D eigenvalue weighted by molar-refractivity contribution is 5.57. The van der Waals surface area contributed by atoms with E-state index >= 15 is 0 Å². The van der Waals surface area contributed by atoms with Crippen LogP contribution in [0.1, 0.15) is 37.6 Å². The van der Waals surface area contributed by atoms with E-state index in [0.717, 1.165) is 12.1 Å². The van der Waals surface area contributed by atoms with Crippen molar-refractivity contribution >= 4 is 5.69 Å². The van der Waals surface area contributed by atoms with Crippen LogP contribution in [-0.2, 0) is 6.54 Å². The Morgan fingerprint density at radius 2 is 2.25 bits per heavy atom. The van der Waals surface area contributed by atoms with Gasteiger partial charge >= 0.3 is 0 Å². The van der Waals surface area contributed by atoms with Crippen molar-refractivity contribution < 1.29 is 4.39 Å². The highest BCUT2D eigenvalue weighted by Gasteiger charge is 2.08. The molecule has 0 amide bonds. The van der Waals surface area contributed by atoms with E-state index in [1.807, 2.05) is 23.0 Å². The molecule has 1 heterocycles. The van der Waals surface area contributed by atoms with Crippen LogP contribution in [0.2, 0.25) is 0 Å². The predicted octanol–water partition coefficient (Wildman–Crippen LogP) is 3.48. The van der Waals surface area contributed by atoms with E-state index in [0.29, 0.717) is 18.3 Å². The van der Waals surface area contributed by atoms with Gasteiger partial charge in [-0.15, -0.1) is 0 Å². The summed E-state index contributed by atoms with van der Waals surface area (Å²) in [6, 6.07) is 8.69. The third-order valence-electron chi connectivity index (χ3n) is 3.29. The maximum Gasteiger partial charge on any atom is 0.143 e. The van der Waals surface area contributed by atoms with Crippen LogP contribution in [0.25, 0.3) is 0 Å². The zero-order valence-electron chi connectivity index (χ0n) is 11.6. The number of nitriles is 1. The number of aromatic nitrogens is 2. The lowest BCUT2D eigenvalue weighted by Crippen LogP contribution is -2.07. The molecule has 0 radical (unpaired) electrons. The summed E-state index contributed by atoms with van der Waals surface area (Å²) in [5, 5.41) is 16.5. The number of hydrogen-bond donors (Lipinski definition) is 1. The lowest BCUT2D eigenvalue weighted by Gasteiger charge is -2.09. The van der Waals surface area contributed by atoms with Gasteiger partial charge in [-0.2, -0.15) is 10.4 Å². The molecule has 1 N–H and O–H groups in total. The van der Waals surface area contributed by atoms with Crippen molar-refractivity contribution in [2.45, 2.75) is 32.9 Å². The summed E-state index contributed by atoms with van der Waals surface area (Å²) in [5.41, 5.74) is 1.39. The number of halogens is 1. The number of nitrogens with zero attached hydrogens (tertiary/aromatic N) is 3. The van der Waals surface area contributed by atoms with E-state index in [1.165, 1.54) is 6.07 Å². The molecule has 4 nitrogen and oxygen atoms in total. The standard InChI is InChI=1S/C15H17FN4/c1-3-11(2)20-8-7-12(19-20)10-18-15-6-4-5-14(16)13(15)9-17/h4-8,11,18H,3,10H2,1-2H3. The summed E-state index contributed by atoms with van der Waals surface area (Å²) >= 11 is 0. The lowest BCUT2D eigenvalue weighted by molar-refractivity contribution is 0.474. The Hall–Kier alpha value is -2.35. The molecule has 0 aliphatic carbocycles. The quantitative estimate of drug-likeness (QED) is 0.906. The zero-order chi connectivity index (χ0) is 14.5. The van der Waals surface area contributed by atoms with Gasteiger partial charge in [0.05, 0.1) is 17.9 Å². The van der Waals surface area contributed by atoms with Crippen LogP contribution in [0.3, 0.4) is 0 Å². The second kappa shape index (κ2) is 6.20. The molecular formula is C15H17FN4.